The summed E-state index contributed by atoms with van der Waals surface area (Å²) in [4.78, 5) is 0.0930. The van der Waals surface area contributed by atoms with Gasteiger partial charge in [0, 0.05) is 11.4 Å². The van der Waals surface area contributed by atoms with E-state index in [0.29, 0.717) is 5.56 Å². The van der Waals surface area contributed by atoms with Crippen LogP contribution in [-0.4, -0.2) is 17.2 Å². The summed E-state index contributed by atoms with van der Waals surface area (Å²) in [5, 5.41) is 9.30. The van der Waals surface area contributed by atoms with Gasteiger partial charge in [-0.25, -0.2) is 0 Å². The van der Waals surface area contributed by atoms with Crippen LogP contribution in [0.15, 0.2) is 29.2 Å². The lowest BCUT2D eigenvalue weighted by Crippen LogP contribution is -2.11. The van der Waals surface area contributed by atoms with Crippen LogP contribution in [-0.2, 0) is 0 Å². The zero-order valence-corrected chi connectivity index (χ0v) is 8.48. The van der Waals surface area contributed by atoms with Crippen molar-refractivity contribution in [2.24, 2.45) is 5.73 Å². The molecular weight excluding hydrogens is 227 g/mol. The molecule has 0 saturated heterocycles. The molecule has 84 valence electrons. The normalized spacial score (nSPS) is 13.9. The largest absolute Gasteiger partial charge is 0.446 e. The molecule has 1 aromatic carbocycles. The number of nitrogens with two attached hydrogens (primary N) is 1. The van der Waals surface area contributed by atoms with Crippen molar-refractivity contribution in [2.45, 2.75) is 16.5 Å². The molecule has 0 radical (unpaired) electrons. The Bertz CT molecular complexity index is 312. The van der Waals surface area contributed by atoms with Gasteiger partial charge in [0.1, 0.15) is 0 Å². The fourth-order valence-electron chi connectivity index (χ4n) is 1.03. The minimum atomic E-state index is -4.28. The number of rotatable bonds is 3. The van der Waals surface area contributed by atoms with Gasteiger partial charge in [-0.1, -0.05) is 12.1 Å². The molecule has 1 rings (SSSR count). The lowest BCUT2D eigenvalue weighted by Gasteiger charge is -2.09. The van der Waals surface area contributed by atoms with Gasteiger partial charge in [-0.15, -0.1) is 0 Å². The second-order valence-corrected chi connectivity index (χ2v) is 4.01. The highest BCUT2D eigenvalue weighted by atomic mass is 32.2. The summed E-state index contributed by atoms with van der Waals surface area (Å²) in [6.45, 7) is 0.0474. The Morgan fingerprint density at radius 3 is 2.20 bits per heavy atom. The predicted molar refractivity (Wildman–Crippen MR) is 52.4 cm³/mol. The standard InChI is InChI=1S/C9H10F3NOS/c10-9(11,12)15-7-3-1-6(2-4-7)8(14)5-13/h1-4,8,14H,5,13H2. The fraction of sp³-hybridized carbons (Fsp3) is 0.333. The highest BCUT2D eigenvalue weighted by Gasteiger charge is 2.29. The van der Waals surface area contributed by atoms with E-state index < -0.39 is 11.6 Å². The SMILES string of the molecule is NCC(O)c1ccc(SC(F)(F)F)cc1. The Kier molecular flexibility index (Phi) is 4.01. The number of alkyl halides is 3. The molecule has 0 spiro atoms. The zero-order chi connectivity index (χ0) is 11.5. The topological polar surface area (TPSA) is 46.2 Å². The first-order valence-electron chi connectivity index (χ1n) is 4.16. The number of halogens is 3. The molecule has 0 aliphatic heterocycles. The average molecular weight is 237 g/mol. The lowest BCUT2D eigenvalue weighted by atomic mass is 10.1. The summed E-state index contributed by atoms with van der Waals surface area (Å²) in [7, 11) is 0. The number of hydrogen-bond donors (Lipinski definition) is 2. The first-order chi connectivity index (χ1) is 6.92. The van der Waals surface area contributed by atoms with Crippen LogP contribution in [0.1, 0.15) is 11.7 Å². The molecule has 0 bridgehead atoms. The van der Waals surface area contributed by atoms with E-state index in [4.69, 9.17) is 5.73 Å². The third kappa shape index (κ3) is 4.11. The Morgan fingerprint density at radius 1 is 1.27 bits per heavy atom. The van der Waals surface area contributed by atoms with Crippen molar-refractivity contribution < 1.29 is 18.3 Å². The summed E-state index contributed by atoms with van der Waals surface area (Å²) >= 11 is -0.184. The third-order valence-electron chi connectivity index (χ3n) is 1.72. The Labute approximate surface area is 89.3 Å². The molecule has 0 heterocycles. The molecule has 1 aromatic rings. The van der Waals surface area contributed by atoms with Crippen molar-refractivity contribution in [1.82, 2.24) is 0 Å². The third-order valence-corrected chi connectivity index (χ3v) is 2.46. The molecule has 3 N–H and O–H groups in total. The lowest BCUT2D eigenvalue weighted by molar-refractivity contribution is -0.0328. The van der Waals surface area contributed by atoms with Crippen molar-refractivity contribution in [3.05, 3.63) is 29.8 Å². The molecule has 15 heavy (non-hydrogen) atoms. The monoisotopic (exact) mass is 237 g/mol. The van der Waals surface area contributed by atoms with Crippen LogP contribution in [0.25, 0.3) is 0 Å². The van der Waals surface area contributed by atoms with Gasteiger partial charge in [0.25, 0.3) is 0 Å². The molecule has 0 aliphatic carbocycles. The highest BCUT2D eigenvalue weighted by molar-refractivity contribution is 8.00. The fourth-order valence-corrected chi connectivity index (χ4v) is 1.57. The van der Waals surface area contributed by atoms with Crippen LogP contribution in [0.4, 0.5) is 13.2 Å². The molecule has 0 amide bonds. The highest BCUT2D eigenvalue weighted by Crippen LogP contribution is 2.36. The van der Waals surface area contributed by atoms with Crippen LogP contribution in [0.3, 0.4) is 0 Å². The number of thioether (sulfide) groups is 1. The summed E-state index contributed by atoms with van der Waals surface area (Å²) < 4.78 is 35.9. The Hall–Kier alpha value is -0.720. The smallest absolute Gasteiger partial charge is 0.387 e. The van der Waals surface area contributed by atoms with Crippen molar-refractivity contribution in [3.63, 3.8) is 0 Å². The van der Waals surface area contributed by atoms with Crippen LogP contribution in [0.5, 0.6) is 0 Å². The number of aliphatic hydroxyl groups is 1. The van der Waals surface area contributed by atoms with E-state index in [1.54, 1.807) is 0 Å². The first kappa shape index (κ1) is 12.4. The van der Waals surface area contributed by atoms with Crippen LogP contribution < -0.4 is 5.73 Å². The zero-order valence-electron chi connectivity index (χ0n) is 7.66. The Balaban J connectivity index is 2.72. The van der Waals surface area contributed by atoms with Gasteiger partial charge in [-0.05, 0) is 29.5 Å². The van der Waals surface area contributed by atoms with Gasteiger partial charge >= 0.3 is 5.51 Å². The molecule has 0 fully saturated rings. The van der Waals surface area contributed by atoms with Gasteiger partial charge < -0.3 is 10.8 Å². The number of hydrogen-bond acceptors (Lipinski definition) is 3. The van der Waals surface area contributed by atoms with E-state index in [-0.39, 0.29) is 23.2 Å². The van der Waals surface area contributed by atoms with Crippen LogP contribution in [0, 0.1) is 0 Å². The minimum absolute atomic E-state index is 0.0474. The van der Waals surface area contributed by atoms with E-state index in [1.807, 2.05) is 0 Å². The van der Waals surface area contributed by atoms with Gasteiger partial charge in [0.2, 0.25) is 0 Å². The average Bonchev–Trinajstić information content (AvgIpc) is 2.15. The molecular formula is C9H10F3NOS. The summed E-state index contributed by atoms with van der Waals surface area (Å²) in [5.74, 6) is 0. The molecule has 6 heteroatoms. The molecule has 0 saturated carbocycles. The number of aliphatic hydroxyl groups excluding tert-OH is 1. The first-order valence-corrected chi connectivity index (χ1v) is 4.98. The predicted octanol–water partition coefficient (Wildman–Crippen LogP) is 2.29. The van der Waals surface area contributed by atoms with Crippen molar-refractivity contribution in [1.29, 1.82) is 0 Å². The van der Waals surface area contributed by atoms with Gasteiger partial charge in [0.15, 0.2) is 0 Å². The second kappa shape index (κ2) is 4.87. The molecule has 0 aromatic heterocycles. The van der Waals surface area contributed by atoms with E-state index in [0.717, 1.165) is 0 Å². The minimum Gasteiger partial charge on any atom is -0.387 e. The molecule has 2 nitrogen and oxygen atoms in total. The van der Waals surface area contributed by atoms with E-state index >= 15 is 0 Å². The summed E-state index contributed by atoms with van der Waals surface area (Å²) in [6, 6.07) is 5.50. The summed E-state index contributed by atoms with van der Waals surface area (Å²) in [6.07, 6.45) is -0.824. The van der Waals surface area contributed by atoms with Gasteiger partial charge in [0.05, 0.1) is 6.10 Å². The van der Waals surface area contributed by atoms with Crippen LogP contribution in [0.2, 0.25) is 0 Å². The second-order valence-electron chi connectivity index (χ2n) is 2.87. The maximum absolute atomic E-state index is 12.0. The maximum Gasteiger partial charge on any atom is 0.446 e. The summed E-state index contributed by atoms with van der Waals surface area (Å²) in [5.41, 5.74) is 1.44. The van der Waals surface area contributed by atoms with Gasteiger partial charge in [-0.2, -0.15) is 13.2 Å². The maximum atomic E-state index is 12.0. The van der Waals surface area contributed by atoms with Crippen LogP contribution >= 0.6 is 11.8 Å². The molecule has 0 aliphatic rings. The van der Waals surface area contributed by atoms with Gasteiger partial charge in [-0.3, -0.25) is 0 Å². The van der Waals surface area contributed by atoms with E-state index in [2.05, 4.69) is 0 Å². The van der Waals surface area contributed by atoms with E-state index in [1.165, 1.54) is 24.3 Å². The Morgan fingerprint density at radius 2 is 1.80 bits per heavy atom. The molecule has 1 atom stereocenters. The van der Waals surface area contributed by atoms with Crippen molar-refractivity contribution in [2.75, 3.05) is 6.54 Å². The van der Waals surface area contributed by atoms with E-state index in [9.17, 15) is 18.3 Å². The molecule has 1 unspecified atom stereocenters. The van der Waals surface area contributed by atoms with Crippen molar-refractivity contribution >= 4 is 11.8 Å². The van der Waals surface area contributed by atoms with Crippen molar-refractivity contribution in [3.8, 4) is 0 Å². The quantitative estimate of drug-likeness (QED) is 0.793. The number of benzene rings is 1.